The van der Waals surface area contributed by atoms with E-state index in [0.717, 1.165) is 25.8 Å². The molecule has 0 radical (unpaired) electrons. The summed E-state index contributed by atoms with van der Waals surface area (Å²) < 4.78 is 4.84. The van der Waals surface area contributed by atoms with E-state index in [-0.39, 0.29) is 6.61 Å². The van der Waals surface area contributed by atoms with E-state index in [1.807, 2.05) is 7.05 Å². The molecule has 0 saturated heterocycles. The van der Waals surface area contributed by atoms with Crippen molar-refractivity contribution in [3.8, 4) is 0 Å². The molecule has 0 amide bonds. The van der Waals surface area contributed by atoms with Crippen LogP contribution < -0.4 is 0 Å². The lowest BCUT2D eigenvalue weighted by atomic mass is 10.2. The largest absolute Gasteiger partial charge is 0.396 e. The summed E-state index contributed by atoms with van der Waals surface area (Å²) in [6.07, 6.45) is 2.58. The third-order valence-electron chi connectivity index (χ3n) is 2.08. The van der Waals surface area contributed by atoms with Crippen molar-refractivity contribution in [2.75, 3.05) is 40.5 Å². The smallest absolute Gasteiger partial charge is 0.0899 e. The molecule has 0 saturated carbocycles. The number of ether oxygens (including phenoxy) is 1. The second-order valence-corrected chi connectivity index (χ2v) is 3.66. The summed E-state index contributed by atoms with van der Waals surface area (Å²) in [4.78, 5) is 2.08. The van der Waals surface area contributed by atoms with Crippen molar-refractivity contribution in [2.45, 2.75) is 25.4 Å². The summed E-state index contributed by atoms with van der Waals surface area (Å²) in [5.74, 6) is 0. The molecule has 4 nitrogen and oxygen atoms in total. The number of likely N-dealkylation sites (N-methyl/N-ethyl adjacent to an activating group) is 1. The standard InChI is InChI=1S/C10H23NO3/c1-11(6-4-3-5-7-12)8-10(13)9-14-2/h10,12-13H,3-9H2,1-2H3. The van der Waals surface area contributed by atoms with Crippen LogP contribution in [-0.2, 0) is 4.74 Å². The number of unbranched alkanes of at least 4 members (excludes halogenated alkanes) is 2. The van der Waals surface area contributed by atoms with Crippen LogP contribution in [0.1, 0.15) is 19.3 Å². The Hall–Kier alpha value is -0.160. The first kappa shape index (κ1) is 13.8. The third-order valence-corrected chi connectivity index (χ3v) is 2.08. The molecule has 0 aliphatic carbocycles. The summed E-state index contributed by atoms with van der Waals surface area (Å²) in [5, 5.41) is 18.0. The number of rotatable bonds is 9. The molecule has 0 aromatic rings. The van der Waals surface area contributed by atoms with E-state index in [1.165, 1.54) is 0 Å². The minimum Gasteiger partial charge on any atom is -0.396 e. The van der Waals surface area contributed by atoms with Crippen LogP contribution in [0.5, 0.6) is 0 Å². The van der Waals surface area contributed by atoms with Crippen molar-refractivity contribution >= 4 is 0 Å². The van der Waals surface area contributed by atoms with Gasteiger partial charge < -0.3 is 19.8 Å². The zero-order chi connectivity index (χ0) is 10.8. The average Bonchev–Trinajstić information content (AvgIpc) is 2.13. The van der Waals surface area contributed by atoms with Gasteiger partial charge >= 0.3 is 0 Å². The normalized spacial score (nSPS) is 13.5. The van der Waals surface area contributed by atoms with Crippen LogP contribution in [0.4, 0.5) is 0 Å². The zero-order valence-electron chi connectivity index (χ0n) is 9.28. The molecule has 0 rings (SSSR count). The van der Waals surface area contributed by atoms with Crippen molar-refractivity contribution in [3.05, 3.63) is 0 Å². The van der Waals surface area contributed by atoms with Crippen LogP contribution in [0.15, 0.2) is 0 Å². The first-order valence-electron chi connectivity index (χ1n) is 5.17. The molecule has 0 fully saturated rings. The minimum absolute atomic E-state index is 0.274. The molecule has 1 atom stereocenters. The number of hydrogen-bond donors (Lipinski definition) is 2. The lowest BCUT2D eigenvalue weighted by Gasteiger charge is -2.19. The summed E-state index contributed by atoms with van der Waals surface area (Å²) in [7, 11) is 3.57. The van der Waals surface area contributed by atoms with E-state index in [2.05, 4.69) is 4.90 Å². The summed E-state index contributed by atoms with van der Waals surface area (Å²) in [6.45, 7) is 2.27. The first-order chi connectivity index (χ1) is 6.70. The summed E-state index contributed by atoms with van der Waals surface area (Å²) in [5.41, 5.74) is 0. The molecule has 0 spiro atoms. The summed E-state index contributed by atoms with van der Waals surface area (Å²) in [6, 6.07) is 0. The molecule has 4 heteroatoms. The topological polar surface area (TPSA) is 52.9 Å². The Morgan fingerprint density at radius 2 is 2.00 bits per heavy atom. The fourth-order valence-corrected chi connectivity index (χ4v) is 1.37. The van der Waals surface area contributed by atoms with E-state index in [9.17, 15) is 5.11 Å². The highest BCUT2D eigenvalue weighted by Crippen LogP contribution is 1.97. The van der Waals surface area contributed by atoms with Crippen molar-refractivity contribution in [1.29, 1.82) is 0 Å². The van der Waals surface area contributed by atoms with E-state index in [1.54, 1.807) is 7.11 Å². The molecule has 0 bridgehead atoms. The van der Waals surface area contributed by atoms with Crippen molar-refractivity contribution < 1.29 is 14.9 Å². The quantitative estimate of drug-likeness (QED) is 0.524. The Kier molecular flexibility index (Phi) is 9.29. The lowest BCUT2D eigenvalue weighted by Crippen LogP contribution is -2.32. The predicted molar refractivity (Wildman–Crippen MR) is 56.3 cm³/mol. The number of aliphatic hydroxyl groups excluding tert-OH is 2. The van der Waals surface area contributed by atoms with Gasteiger partial charge in [-0.3, -0.25) is 0 Å². The Bertz CT molecular complexity index is 122. The molecule has 0 aromatic carbocycles. The molecule has 86 valence electrons. The molecule has 0 aromatic heterocycles. The van der Waals surface area contributed by atoms with Crippen LogP contribution in [0.3, 0.4) is 0 Å². The van der Waals surface area contributed by atoms with Crippen molar-refractivity contribution in [3.63, 3.8) is 0 Å². The van der Waals surface area contributed by atoms with Gasteiger partial charge in [-0.2, -0.15) is 0 Å². The first-order valence-corrected chi connectivity index (χ1v) is 5.17. The minimum atomic E-state index is -0.400. The Labute approximate surface area is 86.5 Å². The number of aliphatic hydroxyl groups is 2. The van der Waals surface area contributed by atoms with Crippen LogP contribution in [0.2, 0.25) is 0 Å². The van der Waals surface area contributed by atoms with E-state index < -0.39 is 6.10 Å². The SMILES string of the molecule is COCC(O)CN(C)CCCCCO. The van der Waals surface area contributed by atoms with E-state index in [0.29, 0.717) is 13.2 Å². The Morgan fingerprint density at radius 1 is 1.29 bits per heavy atom. The molecule has 0 aliphatic heterocycles. The van der Waals surface area contributed by atoms with Crippen LogP contribution in [-0.4, -0.2) is 61.7 Å². The predicted octanol–water partition coefficient (Wildman–Crippen LogP) is 0.0881. The van der Waals surface area contributed by atoms with Gasteiger partial charge in [0.1, 0.15) is 0 Å². The lowest BCUT2D eigenvalue weighted by molar-refractivity contribution is 0.0429. The van der Waals surface area contributed by atoms with Gasteiger partial charge in [0.05, 0.1) is 12.7 Å². The van der Waals surface area contributed by atoms with Gasteiger partial charge in [-0.25, -0.2) is 0 Å². The van der Waals surface area contributed by atoms with Gasteiger partial charge in [0, 0.05) is 20.3 Å². The summed E-state index contributed by atoms with van der Waals surface area (Å²) >= 11 is 0. The average molecular weight is 205 g/mol. The third kappa shape index (κ3) is 8.44. The van der Waals surface area contributed by atoms with E-state index in [4.69, 9.17) is 9.84 Å². The molecule has 1 unspecified atom stereocenters. The maximum atomic E-state index is 9.42. The maximum Gasteiger partial charge on any atom is 0.0899 e. The fraction of sp³-hybridized carbons (Fsp3) is 1.00. The zero-order valence-corrected chi connectivity index (χ0v) is 9.28. The Balaban J connectivity index is 3.30. The highest BCUT2D eigenvalue weighted by atomic mass is 16.5. The number of nitrogens with zero attached hydrogens (tertiary/aromatic N) is 1. The maximum absolute atomic E-state index is 9.42. The molecular weight excluding hydrogens is 182 g/mol. The van der Waals surface area contributed by atoms with Gasteiger partial charge in [-0.15, -0.1) is 0 Å². The number of methoxy groups -OCH3 is 1. The molecule has 0 heterocycles. The van der Waals surface area contributed by atoms with Crippen LogP contribution in [0.25, 0.3) is 0 Å². The second-order valence-electron chi connectivity index (χ2n) is 3.66. The highest BCUT2D eigenvalue weighted by Gasteiger charge is 2.06. The van der Waals surface area contributed by atoms with Gasteiger partial charge in [0.25, 0.3) is 0 Å². The van der Waals surface area contributed by atoms with Crippen LogP contribution >= 0.6 is 0 Å². The van der Waals surface area contributed by atoms with Gasteiger partial charge in [0.2, 0.25) is 0 Å². The molecular formula is C10H23NO3. The second kappa shape index (κ2) is 9.40. The molecule has 14 heavy (non-hydrogen) atoms. The number of hydrogen-bond acceptors (Lipinski definition) is 4. The van der Waals surface area contributed by atoms with Gasteiger partial charge in [-0.1, -0.05) is 0 Å². The van der Waals surface area contributed by atoms with Gasteiger partial charge in [0.15, 0.2) is 0 Å². The Morgan fingerprint density at radius 3 is 2.57 bits per heavy atom. The van der Waals surface area contributed by atoms with E-state index >= 15 is 0 Å². The van der Waals surface area contributed by atoms with Gasteiger partial charge in [-0.05, 0) is 32.9 Å². The molecule has 0 aliphatic rings. The monoisotopic (exact) mass is 205 g/mol. The highest BCUT2D eigenvalue weighted by molar-refractivity contribution is 4.60. The van der Waals surface area contributed by atoms with Crippen LogP contribution in [0, 0.1) is 0 Å². The molecule has 2 N–H and O–H groups in total. The van der Waals surface area contributed by atoms with Crippen molar-refractivity contribution in [1.82, 2.24) is 4.90 Å². The van der Waals surface area contributed by atoms with Crippen molar-refractivity contribution in [2.24, 2.45) is 0 Å². The fourth-order valence-electron chi connectivity index (χ4n) is 1.37.